The third-order valence-electron chi connectivity index (χ3n) is 2.55. The van der Waals surface area contributed by atoms with E-state index in [-0.39, 0.29) is 11.3 Å². The number of carbonyl (C=O) groups excluding carboxylic acids is 1. The highest BCUT2D eigenvalue weighted by Gasteiger charge is 2.15. The Morgan fingerprint density at radius 3 is 2.60 bits per heavy atom. The van der Waals surface area contributed by atoms with Gasteiger partial charge < -0.3 is 10.4 Å². The fourth-order valence-corrected chi connectivity index (χ4v) is 1.72. The molecule has 0 atom stereocenters. The first-order valence-corrected chi connectivity index (χ1v) is 6.53. The lowest BCUT2D eigenvalue weighted by Crippen LogP contribution is -2.27. The maximum absolute atomic E-state index is 11.7. The maximum Gasteiger partial charge on any atom is 0.328 e. The highest BCUT2D eigenvalue weighted by Crippen LogP contribution is 2.18. The number of carbonyl (C=O) groups is 2. The van der Waals surface area contributed by atoms with Crippen molar-refractivity contribution in [3.63, 3.8) is 0 Å². The van der Waals surface area contributed by atoms with Crippen molar-refractivity contribution in [1.82, 2.24) is 5.32 Å². The van der Waals surface area contributed by atoms with E-state index in [1.54, 1.807) is 0 Å². The number of hydrogen-bond donors (Lipinski definition) is 2. The Labute approximate surface area is 119 Å². The highest BCUT2D eigenvalue weighted by atomic mass is 16.4. The summed E-state index contributed by atoms with van der Waals surface area (Å²) in [4.78, 5) is 22.2. The summed E-state index contributed by atoms with van der Waals surface area (Å²) in [5.74, 6) is -0.960. The van der Waals surface area contributed by atoms with E-state index in [0.717, 1.165) is 17.2 Å². The van der Waals surface area contributed by atoms with E-state index in [1.165, 1.54) is 6.08 Å². The van der Waals surface area contributed by atoms with Gasteiger partial charge in [-0.05, 0) is 28.7 Å². The SMILES string of the molecule is CC(C)(C)CC(=O)NCc1cccc(C=CC(=O)O)c1. The minimum absolute atomic E-state index is 0.0176. The van der Waals surface area contributed by atoms with Gasteiger partial charge in [-0.3, -0.25) is 4.79 Å². The van der Waals surface area contributed by atoms with Crippen LogP contribution in [0.3, 0.4) is 0 Å². The van der Waals surface area contributed by atoms with Crippen LogP contribution in [0.4, 0.5) is 0 Å². The number of aliphatic carboxylic acids is 1. The summed E-state index contributed by atoms with van der Waals surface area (Å²) in [6.07, 6.45) is 3.10. The van der Waals surface area contributed by atoms with Gasteiger partial charge in [-0.15, -0.1) is 0 Å². The normalized spacial score (nSPS) is 11.6. The van der Waals surface area contributed by atoms with Crippen molar-refractivity contribution in [2.45, 2.75) is 33.7 Å². The summed E-state index contributed by atoms with van der Waals surface area (Å²) in [6, 6.07) is 7.42. The molecule has 2 N–H and O–H groups in total. The quantitative estimate of drug-likeness (QED) is 0.812. The molecule has 0 radical (unpaired) electrons. The smallest absolute Gasteiger partial charge is 0.328 e. The van der Waals surface area contributed by atoms with Gasteiger partial charge in [-0.1, -0.05) is 39.0 Å². The van der Waals surface area contributed by atoms with E-state index < -0.39 is 5.97 Å². The van der Waals surface area contributed by atoms with E-state index in [4.69, 9.17) is 5.11 Å². The molecule has 0 spiro atoms. The summed E-state index contributed by atoms with van der Waals surface area (Å²) in [5.41, 5.74) is 1.71. The zero-order valence-corrected chi connectivity index (χ0v) is 12.1. The topological polar surface area (TPSA) is 66.4 Å². The zero-order valence-electron chi connectivity index (χ0n) is 12.1. The third kappa shape index (κ3) is 6.73. The van der Waals surface area contributed by atoms with Crippen molar-refractivity contribution < 1.29 is 14.7 Å². The molecule has 0 unspecified atom stereocenters. The Bertz CT molecular complexity index is 513. The summed E-state index contributed by atoms with van der Waals surface area (Å²) in [7, 11) is 0. The molecule has 4 nitrogen and oxygen atoms in total. The van der Waals surface area contributed by atoms with Crippen LogP contribution < -0.4 is 5.32 Å². The Morgan fingerprint density at radius 2 is 2.00 bits per heavy atom. The second-order valence-corrected chi connectivity index (χ2v) is 5.93. The van der Waals surface area contributed by atoms with Crippen LogP contribution in [0, 0.1) is 5.41 Å². The molecule has 0 saturated heterocycles. The molecule has 0 aromatic heterocycles. The van der Waals surface area contributed by atoms with E-state index in [0.29, 0.717) is 13.0 Å². The first-order chi connectivity index (χ1) is 9.26. The van der Waals surface area contributed by atoms with Gasteiger partial charge >= 0.3 is 5.97 Å². The summed E-state index contributed by atoms with van der Waals surface area (Å²) >= 11 is 0. The summed E-state index contributed by atoms with van der Waals surface area (Å²) in [5, 5.41) is 11.5. The van der Waals surface area contributed by atoms with Gasteiger partial charge in [-0.25, -0.2) is 4.79 Å². The fourth-order valence-electron chi connectivity index (χ4n) is 1.72. The highest BCUT2D eigenvalue weighted by molar-refractivity contribution is 5.85. The molecule has 1 amide bonds. The summed E-state index contributed by atoms with van der Waals surface area (Å²) < 4.78 is 0. The van der Waals surface area contributed by atoms with Crippen LogP contribution in [0.5, 0.6) is 0 Å². The molecule has 1 aromatic rings. The third-order valence-corrected chi connectivity index (χ3v) is 2.55. The second-order valence-electron chi connectivity index (χ2n) is 5.93. The number of amides is 1. The largest absolute Gasteiger partial charge is 0.478 e. The van der Waals surface area contributed by atoms with Gasteiger partial charge in [0, 0.05) is 19.0 Å². The van der Waals surface area contributed by atoms with Crippen LogP contribution in [0.15, 0.2) is 30.3 Å². The van der Waals surface area contributed by atoms with Gasteiger partial charge in [0.1, 0.15) is 0 Å². The lowest BCUT2D eigenvalue weighted by molar-refractivity contribution is -0.131. The lowest BCUT2D eigenvalue weighted by Gasteiger charge is -2.17. The molecular formula is C16H21NO3. The number of rotatable bonds is 5. The minimum atomic E-state index is -0.978. The van der Waals surface area contributed by atoms with Gasteiger partial charge in [0.05, 0.1) is 0 Å². The summed E-state index contributed by atoms with van der Waals surface area (Å²) in [6.45, 7) is 6.50. The van der Waals surface area contributed by atoms with E-state index in [9.17, 15) is 9.59 Å². The molecule has 0 bridgehead atoms. The Kier molecular flexibility index (Phi) is 5.50. The molecular weight excluding hydrogens is 254 g/mol. The number of benzene rings is 1. The van der Waals surface area contributed by atoms with Crippen molar-refractivity contribution in [3.05, 3.63) is 41.5 Å². The van der Waals surface area contributed by atoms with Gasteiger partial charge in [0.25, 0.3) is 0 Å². The first kappa shape index (κ1) is 16.0. The van der Waals surface area contributed by atoms with Crippen LogP contribution >= 0.6 is 0 Å². The molecule has 0 saturated carbocycles. The van der Waals surface area contributed by atoms with Crippen LogP contribution in [0.1, 0.15) is 38.3 Å². The fraction of sp³-hybridized carbons (Fsp3) is 0.375. The molecule has 0 aliphatic carbocycles. The predicted octanol–water partition coefficient (Wildman–Crippen LogP) is 2.84. The average Bonchev–Trinajstić information content (AvgIpc) is 2.32. The Balaban J connectivity index is 2.59. The number of carboxylic acid groups (broad SMARTS) is 1. The molecule has 4 heteroatoms. The van der Waals surface area contributed by atoms with E-state index >= 15 is 0 Å². The molecule has 1 rings (SSSR count). The Hall–Kier alpha value is -2.10. The molecule has 0 aliphatic rings. The molecule has 0 heterocycles. The maximum atomic E-state index is 11.7. The second kappa shape index (κ2) is 6.89. The van der Waals surface area contributed by atoms with Gasteiger partial charge in [-0.2, -0.15) is 0 Å². The zero-order chi connectivity index (χ0) is 15.2. The van der Waals surface area contributed by atoms with E-state index in [1.807, 2.05) is 45.0 Å². The van der Waals surface area contributed by atoms with Crippen LogP contribution in [0.25, 0.3) is 6.08 Å². The first-order valence-electron chi connectivity index (χ1n) is 6.53. The standard InChI is InChI=1S/C16H21NO3/c1-16(2,3)10-14(18)17-11-13-6-4-5-12(9-13)7-8-15(19)20/h4-9H,10-11H2,1-3H3,(H,17,18)(H,19,20). The number of carboxylic acids is 1. The number of hydrogen-bond acceptors (Lipinski definition) is 2. The average molecular weight is 275 g/mol. The molecule has 20 heavy (non-hydrogen) atoms. The van der Waals surface area contributed by atoms with Gasteiger partial charge in [0.15, 0.2) is 0 Å². The number of nitrogens with one attached hydrogen (secondary N) is 1. The van der Waals surface area contributed by atoms with Crippen molar-refractivity contribution in [2.24, 2.45) is 5.41 Å². The minimum Gasteiger partial charge on any atom is -0.478 e. The van der Waals surface area contributed by atoms with E-state index in [2.05, 4.69) is 5.32 Å². The molecule has 1 aromatic carbocycles. The van der Waals surface area contributed by atoms with Crippen molar-refractivity contribution in [2.75, 3.05) is 0 Å². The van der Waals surface area contributed by atoms with Crippen LogP contribution in [-0.2, 0) is 16.1 Å². The van der Waals surface area contributed by atoms with Crippen molar-refractivity contribution in [3.8, 4) is 0 Å². The van der Waals surface area contributed by atoms with Crippen molar-refractivity contribution in [1.29, 1.82) is 0 Å². The molecule has 108 valence electrons. The monoisotopic (exact) mass is 275 g/mol. The Morgan fingerprint density at radius 1 is 1.30 bits per heavy atom. The predicted molar refractivity (Wildman–Crippen MR) is 79.0 cm³/mol. The van der Waals surface area contributed by atoms with Crippen LogP contribution in [0.2, 0.25) is 0 Å². The van der Waals surface area contributed by atoms with Crippen molar-refractivity contribution >= 4 is 18.0 Å². The molecule has 0 fully saturated rings. The lowest BCUT2D eigenvalue weighted by atomic mass is 9.92. The molecule has 0 aliphatic heterocycles. The van der Waals surface area contributed by atoms with Gasteiger partial charge in [0.2, 0.25) is 5.91 Å². The van der Waals surface area contributed by atoms with Crippen LogP contribution in [-0.4, -0.2) is 17.0 Å².